The summed E-state index contributed by atoms with van der Waals surface area (Å²) in [5.74, 6) is 1.30. The van der Waals surface area contributed by atoms with E-state index in [2.05, 4.69) is 0 Å². The molecule has 1 aromatic carbocycles. The lowest BCUT2D eigenvalue weighted by Gasteiger charge is -2.16. The Hall–Kier alpha value is -2.01. The molecule has 5 heteroatoms. The molecule has 0 aliphatic carbocycles. The van der Waals surface area contributed by atoms with Gasteiger partial charge in [-0.3, -0.25) is 4.79 Å². The molecule has 2 N–H and O–H groups in total. The first-order chi connectivity index (χ1) is 9.04. The number of benzene rings is 1. The van der Waals surface area contributed by atoms with Crippen molar-refractivity contribution in [1.82, 2.24) is 4.57 Å². The van der Waals surface area contributed by atoms with Crippen molar-refractivity contribution in [2.45, 2.75) is 13.5 Å². The lowest BCUT2D eigenvalue weighted by molar-refractivity contribution is 0.396. The maximum atomic E-state index is 12.3. The summed E-state index contributed by atoms with van der Waals surface area (Å²) >= 11 is 0. The van der Waals surface area contributed by atoms with Gasteiger partial charge in [0.2, 0.25) is 0 Å². The highest BCUT2D eigenvalue weighted by atomic mass is 16.5. The highest BCUT2D eigenvalue weighted by molar-refractivity contribution is 5.90. The zero-order chi connectivity index (χ0) is 14.2. The molecule has 19 heavy (non-hydrogen) atoms. The summed E-state index contributed by atoms with van der Waals surface area (Å²) in [6, 6.07) is 3.66. The fourth-order valence-electron chi connectivity index (χ4n) is 2.36. The summed E-state index contributed by atoms with van der Waals surface area (Å²) < 4.78 is 12.2. The first-order valence-electron chi connectivity index (χ1n) is 5.99. The second kappa shape index (κ2) is 4.93. The van der Waals surface area contributed by atoms with E-state index in [0.717, 1.165) is 16.5 Å². The van der Waals surface area contributed by atoms with Crippen LogP contribution in [0.2, 0.25) is 0 Å². The third-order valence-electron chi connectivity index (χ3n) is 3.46. The predicted molar refractivity (Wildman–Crippen MR) is 74.9 cm³/mol. The van der Waals surface area contributed by atoms with Crippen LogP contribution in [-0.4, -0.2) is 18.8 Å². The molecule has 0 radical (unpaired) electrons. The standard InChI is InChI=1S/C14H18N2O3/c1-8-10-5-9(18-3)6-12(19-4)13(10)16(2)14(17)11(8)7-15/h5-6H,7,15H2,1-4H3. The van der Waals surface area contributed by atoms with Crippen molar-refractivity contribution in [3.05, 3.63) is 33.6 Å². The zero-order valence-corrected chi connectivity index (χ0v) is 11.6. The number of aryl methyl sites for hydroxylation is 2. The number of hydrogen-bond acceptors (Lipinski definition) is 4. The summed E-state index contributed by atoms with van der Waals surface area (Å²) in [4.78, 5) is 12.3. The fraction of sp³-hybridized carbons (Fsp3) is 0.357. The van der Waals surface area contributed by atoms with Gasteiger partial charge in [0.15, 0.2) is 0 Å². The Morgan fingerprint density at radius 2 is 1.95 bits per heavy atom. The van der Waals surface area contributed by atoms with E-state index in [-0.39, 0.29) is 12.1 Å². The first-order valence-corrected chi connectivity index (χ1v) is 5.99. The summed E-state index contributed by atoms with van der Waals surface area (Å²) in [5, 5.41) is 0.916. The topological polar surface area (TPSA) is 66.5 Å². The zero-order valence-electron chi connectivity index (χ0n) is 11.6. The van der Waals surface area contributed by atoms with Gasteiger partial charge in [-0.25, -0.2) is 0 Å². The lowest BCUT2D eigenvalue weighted by Crippen LogP contribution is -2.25. The van der Waals surface area contributed by atoms with Gasteiger partial charge in [0, 0.05) is 30.6 Å². The maximum Gasteiger partial charge on any atom is 0.255 e. The number of hydrogen-bond donors (Lipinski definition) is 1. The molecule has 0 amide bonds. The SMILES string of the molecule is COc1cc(OC)c2c(c1)c(C)c(CN)c(=O)n2C. The van der Waals surface area contributed by atoms with Crippen LogP contribution in [-0.2, 0) is 13.6 Å². The average Bonchev–Trinajstić information content (AvgIpc) is 2.44. The van der Waals surface area contributed by atoms with Gasteiger partial charge in [-0.2, -0.15) is 0 Å². The number of rotatable bonds is 3. The molecule has 102 valence electrons. The van der Waals surface area contributed by atoms with E-state index in [1.54, 1.807) is 31.9 Å². The maximum absolute atomic E-state index is 12.3. The quantitative estimate of drug-likeness (QED) is 0.906. The number of pyridine rings is 1. The van der Waals surface area contributed by atoms with E-state index in [1.807, 2.05) is 13.0 Å². The monoisotopic (exact) mass is 262 g/mol. The van der Waals surface area contributed by atoms with Crippen LogP contribution in [0.5, 0.6) is 11.5 Å². The van der Waals surface area contributed by atoms with Crippen LogP contribution in [0.15, 0.2) is 16.9 Å². The van der Waals surface area contributed by atoms with Gasteiger partial charge in [0.25, 0.3) is 5.56 Å². The van der Waals surface area contributed by atoms with E-state index in [4.69, 9.17) is 15.2 Å². The second-order valence-electron chi connectivity index (χ2n) is 4.40. The van der Waals surface area contributed by atoms with Crippen molar-refractivity contribution in [2.24, 2.45) is 12.8 Å². The van der Waals surface area contributed by atoms with Crippen molar-refractivity contribution in [1.29, 1.82) is 0 Å². The Bertz CT molecular complexity index is 689. The minimum absolute atomic E-state index is 0.0871. The summed E-state index contributed by atoms with van der Waals surface area (Å²) in [6.45, 7) is 2.11. The Morgan fingerprint density at radius 1 is 1.26 bits per heavy atom. The van der Waals surface area contributed by atoms with E-state index < -0.39 is 0 Å². The molecule has 0 saturated heterocycles. The molecule has 1 heterocycles. The normalized spacial score (nSPS) is 10.8. The van der Waals surface area contributed by atoms with Crippen LogP contribution >= 0.6 is 0 Å². The molecule has 0 fully saturated rings. The Morgan fingerprint density at radius 3 is 2.47 bits per heavy atom. The van der Waals surface area contributed by atoms with Crippen molar-refractivity contribution in [3.63, 3.8) is 0 Å². The molecule has 0 atom stereocenters. The molecular formula is C14H18N2O3. The van der Waals surface area contributed by atoms with Gasteiger partial charge in [-0.1, -0.05) is 0 Å². The van der Waals surface area contributed by atoms with Crippen LogP contribution in [0.4, 0.5) is 0 Å². The smallest absolute Gasteiger partial charge is 0.255 e. The molecule has 1 aromatic heterocycles. The molecular weight excluding hydrogens is 244 g/mol. The van der Waals surface area contributed by atoms with Crippen LogP contribution in [0.25, 0.3) is 10.9 Å². The molecule has 0 saturated carbocycles. The molecule has 0 spiro atoms. The third-order valence-corrected chi connectivity index (χ3v) is 3.46. The minimum Gasteiger partial charge on any atom is -0.497 e. The number of nitrogens with zero attached hydrogens (tertiary/aromatic N) is 1. The van der Waals surface area contributed by atoms with Crippen LogP contribution < -0.4 is 20.8 Å². The Kier molecular flexibility index (Phi) is 3.48. The van der Waals surface area contributed by atoms with E-state index >= 15 is 0 Å². The molecule has 0 aliphatic rings. The van der Waals surface area contributed by atoms with Crippen molar-refractivity contribution >= 4 is 10.9 Å². The van der Waals surface area contributed by atoms with Gasteiger partial charge in [-0.05, 0) is 18.6 Å². The van der Waals surface area contributed by atoms with Crippen molar-refractivity contribution in [3.8, 4) is 11.5 Å². The Labute approximate surface area is 111 Å². The number of fused-ring (bicyclic) bond motifs is 1. The van der Waals surface area contributed by atoms with Gasteiger partial charge in [0.05, 0.1) is 19.7 Å². The fourth-order valence-corrected chi connectivity index (χ4v) is 2.36. The van der Waals surface area contributed by atoms with E-state index in [1.165, 1.54) is 0 Å². The summed E-state index contributed by atoms with van der Waals surface area (Å²) in [5.41, 5.74) is 7.83. The van der Waals surface area contributed by atoms with Crippen LogP contribution in [0.3, 0.4) is 0 Å². The number of nitrogens with two attached hydrogens (primary N) is 1. The van der Waals surface area contributed by atoms with Crippen molar-refractivity contribution in [2.75, 3.05) is 14.2 Å². The Balaban J connectivity index is 3.02. The van der Waals surface area contributed by atoms with E-state index in [9.17, 15) is 4.79 Å². The lowest BCUT2D eigenvalue weighted by atomic mass is 10.0. The van der Waals surface area contributed by atoms with Crippen LogP contribution in [0, 0.1) is 6.92 Å². The molecule has 2 rings (SSSR count). The van der Waals surface area contributed by atoms with Gasteiger partial charge < -0.3 is 19.8 Å². The van der Waals surface area contributed by atoms with Crippen LogP contribution in [0.1, 0.15) is 11.1 Å². The summed E-state index contributed by atoms with van der Waals surface area (Å²) in [6.07, 6.45) is 0. The van der Waals surface area contributed by atoms with Crippen molar-refractivity contribution < 1.29 is 9.47 Å². The van der Waals surface area contributed by atoms with Gasteiger partial charge in [0.1, 0.15) is 11.5 Å². The molecule has 2 aromatic rings. The van der Waals surface area contributed by atoms with Gasteiger partial charge in [-0.15, -0.1) is 0 Å². The molecule has 0 aliphatic heterocycles. The largest absolute Gasteiger partial charge is 0.497 e. The summed E-state index contributed by atoms with van der Waals surface area (Å²) in [7, 11) is 4.89. The third kappa shape index (κ3) is 1.96. The van der Waals surface area contributed by atoms with E-state index in [0.29, 0.717) is 17.1 Å². The van der Waals surface area contributed by atoms with Gasteiger partial charge >= 0.3 is 0 Å². The molecule has 0 unspecified atom stereocenters. The predicted octanol–water partition coefficient (Wildman–Crippen LogP) is 1.32. The second-order valence-corrected chi connectivity index (χ2v) is 4.40. The molecule has 5 nitrogen and oxygen atoms in total. The average molecular weight is 262 g/mol. The number of methoxy groups -OCH3 is 2. The minimum atomic E-state index is -0.0871. The number of aromatic nitrogens is 1. The molecule has 0 bridgehead atoms. The number of ether oxygens (including phenoxy) is 2. The first kappa shape index (κ1) is 13.4. The highest BCUT2D eigenvalue weighted by Crippen LogP contribution is 2.32. The highest BCUT2D eigenvalue weighted by Gasteiger charge is 2.15.